The maximum absolute atomic E-state index is 13.5. The topological polar surface area (TPSA) is 71.4 Å². The molecule has 0 saturated carbocycles. The Balaban J connectivity index is 3.27. The minimum atomic E-state index is -4.68. The zero-order chi connectivity index (χ0) is 15.7. The van der Waals surface area contributed by atoms with Crippen LogP contribution in [0, 0.1) is 12.7 Å². The highest BCUT2D eigenvalue weighted by Crippen LogP contribution is 2.26. The number of alkyl halides is 3. The van der Waals surface area contributed by atoms with Crippen LogP contribution in [0.25, 0.3) is 0 Å². The molecule has 1 rings (SSSR count). The van der Waals surface area contributed by atoms with E-state index in [0.717, 1.165) is 6.92 Å². The van der Waals surface area contributed by atoms with Crippen LogP contribution < -0.4 is 0 Å². The van der Waals surface area contributed by atoms with Gasteiger partial charge in [0.25, 0.3) is 0 Å². The monoisotopic (exact) mass is 314 g/mol. The second kappa shape index (κ2) is 5.39. The van der Waals surface area contributed by atoms with Crippen molar-refractivity contribution in [3.05, 3.63) is 29.1 Å². The van der Waals surface area contributed by atoms with Gasteiger partial charge < -0.3 is 5.11 Å². The summed E-state index contributed by atoms with van der Waals surface area (Å²) < 4.78 is 73.2. The van der Waals surface area contributed by atoms with E-state index in [-0.39, 0.29) is 0 Å². The van der Waals surface area contributed by atoms with Gasteiger partial charge in [0, 0.05) is 5.56 Å². The van der Waals surface area contributed by atoms with Crippen molar-refractivity contribution in [3.8, 4) is 0 Å². The van der Waals surface area contributed by atoms with Gasteiger partial charge in [0.1, 0.15) is 5.82 Å². The first kappa shape index (κ1) is 16.4. The van der Waals surface area contributed by atoms with Crippen molar-refractivity contribution in [3.63, 3.8) is 0 Å². The second-order valence-electron chi connectivity index (χ2n) is 4.07. The molecule has 1 aromatic rings. The molecule has 0 aliphatic heterocycles. The molecule has 0 fully saturated rings. The van der Waals surface area contributed by atoms with Crippen LogP contribution in [-0.4, -0.2) is 31.4 Å². The van der Waals surface area contributed by atoms with Gasteiger partial charge in [0.15, 0.2) is 9.84 Å². The van der Waals surface area contributed by atoms with Gasteiger partial charge in [-0.15, -0.1) is 0 Å². The molecule has 9 heteroatoms. The van der Waals surface area contributed by atoms with Gasteiger partial charge in [-0.1, -0.05) is 0 Å². The molecule has 0 atom stereocenters. The number of benzene rings is 1. The minimum absolute atomic E-state index is 0.405. The van der Waals surface area contributed by atoms with Crippen LogP contribution in [0.15, 0.2) is 17.0 Å². The third-order valence-corrected chi connectivity index (χ3v) is 4.37. The molecule has 20 heavy (non-hydrogen) atoms. The molecule has 0 saturated heterocycles. The number of hydrogen-bond donors (Lipinski definition) is 1. The number of carboxylic acid groups (broad SMARTS) is 1. The Morgan fingerprint density at radius 1 is 1.30 bits per heavy atom. The summed E-state index contributed by atoms with van der Waals surface area (Å²) in [5.74, 6) is -3.94. The van der Waals surface area contributed by atoms with Gasteiger partial charge in [0.05, 0.1) is 22.6 Å². The van der Waals surface area contributed by atoms with Crippen molar-refractivity contribution in [2.75, 3.05) is 5.75 Å². The summed E-state index contributed by atoms with van der Waals surface area (Å²) in [6.45, 7) is 1.06. The minimum Gasteiger partial charge on any atom is -0.478 e. The van der Waals surface area contributed by atoms with E-state index in [4.69, 9.17) is 5.11 Å². The number of aromatic carboxylic acids is 1. The molecule has 112 valence electrons. The first-order valence-electron chi connectivity index (χ1n) is 5.27. The Morgan fingerprint density at radius 3 is 2.30 bits per heavy atom. The van der Waals surface area contributed by atoms with E-state index in [1.54, 1.807) is 0 Å². The largest absolute Gasteiger partial charge is 0.478 e. The van der Waals surface area contributed by atoms with Crippen LogP contribution >= 0.6 is 0 Å². The fourth-order valence-corrected chi connectivity index (χ4v) is 3.05. The maximum atomic E-state index is 13.5. The first-order chi connectivity index (χ1) is 8.94. The zero-order valence-corrected chi connectivity index (χ0v) is 11.0. The molecular weight excluding hydrogens is 304 g/mol. The van der Waals surface area contributed by atoms with Gasteiger partial charge in [-0.05, 0) is 19.1 Å². The van der Waals surface area contributed by atoms with Crippen LogP contribution in [-0.2, 0) is 9.84 Å². The lowest BCUT2D eigenvalue weighted by Gasteiger charge is -2.11. The number of sulfone groups is 1. The molecule has 0 aliphatic carbocycles. The highest BCUT2D eigenvalue weighted by Gasteiger charge is 2.31. The molecule has 0 amide bonds. The van der Waals surface area contributed by atoms with Crippen molar-refractivity contribution in [2.24, 2.45) is 0 Å². The molecule has 0 unspecified atom stereocenters. The lowest BCUT2D eigenvalue weighted by atomic mass is 10.1. The quantitative estimate of drug-likeness (QED) is 0.867. The number of hydrogen-bond acceptors (Lipinski definition) is 3. The second-order valence-corrected chi connectivity index (χ2v) is 6.15. The van der Waals surface area contributed by atoms with E-state index in [9.17, 15) is 30.8 Å². The Kier molecular flexibility index (Phi) is 4.42. The predicted molar refractivity (Wildman–Crippen MR) is 60.8 cm³/mol. The van der Waals surface area contributed by atoms with E-state index in [1.165, 1.54) is 0 Å². The summed E-state index contributed by atoms with van der Waals surface area (Å²) in [5, 5.41) is 8.71. The summed E-state index contributed by atoms with van der Waals surface area (Å²) in [6, 6.07) is 1.27. The normalized spacial score (nSPS) is 12.4. The van der Waals surface area contributed by atoms with Gasteiger partial charge >= 0.3 is 12.1 Å². The lowest BCUT2D eigenvalue weighted by Crippen LogP contribution is -2.18. The summed E-state index contributed by atoms with van der Waals surface area (Å²) >= 11 is 0. The number of carbonyl (C=O) groups is 1. The molecule has 0 aliphatic rings. The fraction of sp³-hybridized carbons (Fsp3) is 0.364. The highest BCUT2D eigenvalue weighted by atomic mass is 32.2. The van der Waals surface area contributed by atoms with Crippen LogP contribution in [0.2, 0.25) is 0 Å². The molecule has 0 aromatic heterocycles. The first-order valence-corrected chi connectivity index (χ1v) is 6.92. The standard InChI is InChI=1S/C11H10F4O4S/c1-6-8(12)4-7(10(16)17)5-9(6)20(18,19)3-2-11(13,14)15/h4-5H,2-3H2,1H3,(H,16,17). The van der Waals surface area contributed by atoms with Crippen molar-refractivity contribution in [2.45, 2.75) is 24.4 Å². The van der Waals surface area contributed by atoms with E-state index < -0.39 is 56.0 Å². The average Bonchev–Trinajstić information content (AvgIpc) is 2.28. The van der Waals surface area contributed by atoms with Crippen LogP contribution in [0.5, 0.6) is 0 Å². The molecule has 0 spiro atoms. The van der Waals surface area contributed by atoms with E-state index in [0.29, 0.717) is 12.1 Å². The highest BCUT2D eigenvalue weighted by molar-refractivity contribution is 7.91. The smallest absolute Gasteiger partial charge is 0.390 e. The molecule has 1 N–H and O–H groups in total. The maximum Gasteiger partial charge on any atom is 0.390 e. The Hall–Kier alpha value is -1.64. The van der Waals surface area contributed by atoms with Crippen molar-refractivity contribution >= 4 is 15.8 Å². The summed E-state index contributed by atoms with van der Waals surface area (Å²) in [5.41, 5.74) is -1.05. The van der Waals surface area contributed by atoms with Crippen molar-refractivity contribution in [1.82, 2.24) is 0 Å². The van der Waals surface area contributed by atoms with Gasteiger partial charge in [-0.25, -0.2) is 17.6 Å². The molecule has 0 heterocycles. The predicted octanol–water partition coefficient (Wildman–Crippen LogP) is 2.56. The molecule has 0 bridgehead atoms. The zero-order valence-electron chi connectivity index (χ0n) is 10.2. The number of halogens is 4. The average molecular weight is 314 g/mol. The Labute approximate surface area is 111 Å². The molecular formula is C11H10F4O4S. The van der Waals surface area contributed by atoms with Crippen LogP contribution in [0.3, 0.4) is 0 Å². The van der Waals surface area contributed by atoms with Gasteiger partial charge in [0.2, 0.25) is 0 Å². The third-order valence-electron chi connectivity index (χ3n) is 2.53. The summed E-state index contributed by atoms with van der Waals surface area (Å²) in [4.78, 5) is 9.98. The summed E-state index contributed by atoms with van der Waals surface area (Å²) in [6.07, 6.45) is -6.27. The van der Waals surface area contributed by atoms with Crippen LogP contribution in [0.1, 0.15) is 22.3 Å². The van der Waals surface area contributed by atoms with Crippen molar-refractivity contribution in [1.29, 1.82) is 0 Å². The summed E-state index contributed by atoms with van der Waals surface area (Å²) in [7, 11) is -4.43. The molecule has 1 aromatic carbocycles. The fourth-order valence-electron chi connectivity index (χ4n) is 1.46. The SMILES string of the molecule is Cc1c(F)cc(C(=O)O)cc1S(=O)(=O)CCC(F)(F)F. The van der Waals surface area contributed by atoms with Gasteiger partial charge in [-0.2, -0.15) is 13.2 Å². The molecule has 4 nitrogen and oxygen atoms in total. The molecule has 0 radical (unpaired) electrons. The van der Waals surface area contributed by atoms with Gasteiger partial charge in [-0.3, -0.25) is 0 Å². The number of carboxylic acids is 1. The Morgan fingerprint density at radius 2 is 1.85 bits per heavy atom. The van der Waals surface area contributed by atoms with Crippen LogP contribution in [0.4, 0.5) is 17.6 Å². The van der Waals surface area contributed by atoms with E-state index in [2.05, 4.69) is 0 Å². The third kappa shape index (κ3) is 3.92. The van der Waals surface area contributed by atoms with Crippen molar-refractivity contribution < 1.29 is 35.9 Å². The van der Waals surface area contributed by atoms with E-state index >= 15 is 0 Å². The lowest BCUT2D eigenvalue weighted by molar-refractivity contribution is -0.129. The van der Waals surface area contributed by atoms with E-state index in [1.807, 2.05) is 0 Å². The number of rotatable bonds is 4. The Bertz CT molecular complexity index is 635.